The summed E-state index contributed by atoms with van der Waals surface area (Å²) in [6.45, 7) is 4.89. The molecule has 1 aromatic rings. The monoisotopic (exact) mass is 257 g/mol. The van der Waals surface area contributed by atoms with Crippen molar-refractivity contribution < 1.29 is 18.7 Å². The van der Waals surface area contributed by atoms with E-state index in [1.165, 1.54) is 6.07 Å². The summed E-state index contributed by atoms with van der Waals surface area (Å²) in [5.74, 6) is -1.95. The van der Waals surface area contributed by atoms with E-state index < -0.39 is 28.7 Å². The van der Waals surface area contributed by atoms with Crippen molar-refractivity contribution in [3.63, 3.8) is 0 Å². The fourth-order valence-electron chi connectivity index (χ4n) is 1.39. The number of amides is 1. The average Bonchev–Trinajstić information content (AvgIpc) is 2.24. The van der Waals surface area contributed by atoms with Crippen LogP contribution >= 0.6 is 0 Å². The lowest BCUT2D eigenvalue weighted by atomic mass is 9.95. The minimum absolute atomic E-state index is 0.228. The van der Waals surface area contributed by atoms with Crippen LogP contribution in [0, 0.1) is 17.0 Å². The van der Waals surface area contributed by atoms with E-state index in [-0.39, 0.29) is 12.5 Å². The Morgan fingerprint density at radius 3 is 2.28 bits per heavy atom. The van der Waals surface area contributed by atoms with Gasteiger partial charge in [-0.2, -0.15) is 0 Å². The first kappa shape index (κ1) is 14.6. The molecule has 0 aromatic heterocycles. The highest BCUT2D eigenvalue weighted by Gasteiger charge is 2.23. The second-order valence-electron chi connectivity index (χ2n) is 5.11. The normalized spacial score (nSPS) is 13.2. The van der Waals surface area contributed by atoms with Crippen LogP contribution in [0.2, 0.25) is 0 Å². The molecule has 0 aliphatic heterocycles. The van der Waals surface area contributed by atoms with Crippen molar-refractivity contribution in [2.75, 3.05) is 6.54 Å². The highest BCUT2D eigenvalue weighted by molar-refractivity contribution is 5.81. The average molecular weight is 257 g/mol. The number of benzene rings is 1. The van der Waals surface area contributed by atoms with Gasteiger partial charge in [-0.1, -0.05) is 26.8 Å². The number of hydrogen-bond donors (Lipinski definition) is 2. The van der Waals surface area contributed by atoms with Gasteiger partial charge in [-0.15, -0.1) is 0 Å². The SMILES string of the molecule is CC(C)(C)C(=O)NCC(O)c1c(F)cccc1F. The molecule has 1 amide bonds. The third kappa shape index (κ3) is 3.50. The first-order chi connectivity index (χ1) is 8.23. The molecule has 0 spiro atoms. The summed E-state index contributed by atoms with van der Waals surface area (Å²) in [4.78, 5) is 11.6. The number of carbonyl (C=O) groups excluding carboxylic acids is 1. The maximum absolute atomic E-state index is 13.3. The minimum Gasteiger partial charge on any atom is -0.386 e. The zero-order valence-electron chi connectivity index (χ0n) is 10.6. The lowest BCUT2D eigenvalue weighted by molar-refractivity contribution is -0.129. The lowest BCUT2D eigenvalue weighted by Crippen LogP contribution is -2.37. The zero-order chi connectivity index (χ0) is 13.9. The quantitative estimate of drug-likeness (QED) is 0.871. The van der Waals surface area contributed by atoms with Gasteiger partial charge in [0.1, 0.15) is 17.7 Å². The molecule has 1 unspecified atom stereocenters. The predicted molar refractivity (Wildman–Crippen MR) is 63.8 cm³/mol. The van der Waals surface area contributed by atoms with Crippen molar-refractivity contribution in [3.8, 4) is 0 Å². The van der Waals surface area contributed by atoms with Crippen LogP contribution in [0.1, 0.15) is 32.4 Å². The molecule has 5 heteroatoms. The molecule has 0 fully saturated rings. The van der Waals surface area contributed by atoms with Crippen molar-refractivity contribution in [3.05, 3.63) is 35.4 Å². The van der Waals surface area contributed by atoms with E-state index in [2.05, 4.69) is 5.32 Å². The van der Waals surface area contributed by atoms with Crippen LogP contribution in [0.4, 0.5) is 8.78 Å². The third-order valence-corrected chi connectivity index (χ3v) is 2.47. The number of rotatable bonds is 3. The predicted octanol–water partition coefficient (Wildman–Crippen LogP) is 2.16. The van der Waals surface area contributed by atoms with Crippen LogP contribution in [0.5, 0.6) is 0 Å². The first-order valence-corrected chi connectivity index (χ1v) is 5.63. The van der Waals surface area contributed by atoms with Crippen molar-refractivity contribution in [2.24, 2.45) is 5.41 Å². The first-order valence-electron chi connectivity index (χ1n) is 5.63. The number of aliphatic hydroxyl groups excluding tert-OH is 1. The lowest BCUT2D eigenvalue weighted by Gasteiger charge is -2.20. The molecule has 0 aliphatic carbocycles. The smallest absolute Gasteiger partial charge is 0.225 e. The fraction of sp³-hybridized carbons (Fsp3) is 0.462. The summed E-state index contributed by atoms with van der Waals surface area (Å²) in [6, 6.07) is 3.34. The van der Waals surface area contributed by atoms with Crippen LogP contribution < -0.4 is 5.32 Å². The molecule has 100 valence electrons. The summed E-state index contributed by atoms with van der Waals surface area (Å²) in [7, 11) is 0. The molecule has 0 aliphatic rings. The van der Waals surface area contributed by atoms with E-state index in [1.807, 2.05) is 0 Å². The molecule has 1 aromatic carbocycles. The van der Waals surface area contributed by atoms with Crippen LogP contribution in [-0.2, 0) is 4.79 Å². The van der Waals surface area contributed by atoms with E-state index in [4.69, 9.17) is 0 Å². The Morgan fingerprint density at radius 1 is 1.33 bits per heavy atom. The molecular weight excluding hydrogens is 240 g/mol. The number of carbonyl (C=O) groups is 1. The van der Waals surface area contributed by atoms with Crippen molar-refractivity contribution in [2.45, 2.75) is 26.9 Å². The molecular formula is C13H17F2NO2. The maximum Gasteiger partial charge on any atom is 0.225 e. The van der Waals surface area contributed by atoms with Gasteiger partial charge in [0.25, 0.3) is 0 Å². The van der Waals surface area contributed by atoms with Gasteiger partial charge in [0, 0.05) is 12.0 Å². The molecule has 0 heterocycles. The molecule has 0 radical (unpaired) electrons. The van der Waals surface area contributed by atoms with Crippen LogP contribution in [0.25, 0.3) is 0 Å². The molecule has 0 saturated carbocycles. The Kier molecular flexibility index (Phi) is 4.40. The van der Waals surface area contributed by atoms with Gasteiger partial charge < -0.3 is 10.4 Å². The molecule has 0 bridgehead atoms. The zero-order valence-corrected chi connectivity index (χ0v) is 10.6. The molecule has 2 N–H and O–H groups in total. The van der Waals surface area contributed by atoms with Crippen molar-refractivity contribution >= 4 is 5.91 Å². The topological polar surface area (TPSA) is 49.3 Å². The maximum atomic E-state index is 13.3. The second kappa shape index (κ2) is 5.44. The Labute approximate surface area is 105 Å². The third-order valence-electron chi connectivity index (χ3n) is 2.47. The summed E-state index contributed by atoms with van der Waals surface area (Å²) in [5.41, 5.74) is -1.04. The Bertz CT molecular complexity index is 421. The fourth-order valence-corrected chi connectivity index (χ4v) is 1.39. The summed E-state index contributed by atoms with van der Waals surface area (Å²) in [6.07, 6.45) is -1.41. The Morgan fingerprint density at radius 2 is 1.83 bits per heavy atom. The standard InChI is InChI=1S/C13H17F2NO2/c1-13(2,3)12(18)16-7-10(17)11-8(14)5-4-6-9(11)15/h4-6,10,17H,7H2,1-3H3,(H,16,18). The highest BCUT2D eigenvalue weighted by Crippen LogP contribution is 2.20. The number of halogens is 2. The molecule has 0 saturated heterocycles. The second-order valence-corrected chi connectivity index (χ2v) is 5.11. The molecule has 3 nitrogen and oxygen atoms in total. The van der Waals surface area contributed by atoms with E-state index >= 15 is 0 Å². The van der Waals surface area contributed by atoms with Gasteiger partial charge in [-0.25, -0.2) is 8.78 Å². The summed E-state index contributed by atoms with van der Waals surface area (Å²) >= 11 is 0. The molecule has 1 atom stereocenters. The van der Waals surface area contributed by atoms with E-state index in [0.29, 0.717) is 0 Å². The van der Waals surface area contributed by atoms with Crippen molar-refractivity contribution in [1.82, 2.24) is 5.32 Å². The van der Waals surface area contributed by atoms with Gasteiger partial charge in [-0.05, 0) is 12.1 Å². The number of hydrogen-bond acceptors (Lipinski definition) is 2. The minimum atomic E-state index is -1.41. The molecule has 18 heavy (non-hydrogen) atoms. The largest absolute Gasteiger partial charge is 0.386 e. The van der Waals surface area contributed by atoms with Crippen LogP contribution in [0.15, 0.2) is 18.2 Å². The van der Waals surface area contributed by atoms with E-state index in [1.54, 1.807) is 20.8 Å². The van der Waals surface area contributed by atoms with Crippen molar-refractivity contribution in [1.29, 1.82) is 0 Å². The van der Waals surface area contributed by atoms with Crippen LogP contribution in [0.3, 0.4) is 0 Å². The van der Waals surface area contributed by atoms with Gasteiger partial charge in [-0.3, -0.25) is 4.79 Å². The summed E-state index contributed by atoms with van der Waals surface area (Å²) < 4.78 is 26.7. The summed E-state index contributed by atoms with van der Waals surface area (Å²) in [5, 5.41) is 12.2. The Balaban J connectivity index is 2.72. The number of aliphatic hydroxyl groups is 1. The van der Waals surface area contributed by atoms with Gasteiger partial charge in [0.15, 0.2) is 0 Å². The number of nitrogens with one attached hydrogen (secondary N) is 1. The molecule has 1 rings (SSSR count). The van der Waals surface area contributed by atoms with Gasteiger partial charge in [0.2, 0.25) is 5.91 Å². The van der Waals surface area contributed by atoms with E-state index in [0.717, 1.165) is 12.1 Å². The Hall–Kier alpha value is -1.49. The van der Waals surface area contributed by atoms with Crippen LogP contribution in [-0.4, -0.2) is 17.6 Å². The highest BCUT2D eigenvalue weighted by atomic mass is 19.1. The van der Waals surface area contributed by atoms with E-state index in [9.17, 15) is 18.7 Å². The van der Waals surface area contributed by atoms with Gasteiger partial charge in [0.05, 0.1) is 5.56 Å². The van der Waals surface area contributed by atoms with Gasteiger partial charge >= 0.3 is 0 Å².